The highest BCUT2D eigenvalue weighted by Gasteiger charge is 2.43. The van der Waals surface area contributed by atoms with Crippen LogP contribution >= 0.6 is 10.7 Å². The van der Waals surface area contributed by atoms with Gasteiger partial charge in [0.15, 0.2) is 4.75 Å². The Bertz CT molecular complexity index is 298. The van der Waals surface area contributed by atoms with Crippen LogP contribution in [0, 0.1) is 11.3 Å². The van der Waals surface area contributed by atoms with Crippen LogP contribution in [0.5, 0.6) is 0 Å². The van der Waals surface area contributed by atoms with Gasteiger partial charge in [-0.2, -0.15) is 5.26 Å². The smallest absolute Gasteiger partial charge is 0.211 e. The Labute approximate surface area is 76.7 Å². The van der Waals surface area contributed by atoms with Gasteiger partial charge < -0.3 is 0 Å². The lowest BCUT2D eigenvalue weighted by Gasteiger charge is -2.26. The number of hydrogen-bond acceptors (Lipinski definition) is 3. The van der Waals surface area contributed by atoms with Crippen molar-refractivity contribution in [2.45, 2.75) is 36.9 Å². The van der Waals surface area contributed by atoms with Gasteiger partial charge in [-0.05, 0) is 12.8 Å². The number of rotatable bonds is 1. The first kappa shape index (κ1) is 9.82. The normalized spacial score (nSPS) is 23.0. The second-order valence-corrected chi connectivity index (χ2v) is 5.98. The summed E-state index contributed by atoms with van der Waals surface area (Å²) in [5.41, 5.74) is 0. The van der Waals surface area contributed by atoms with E-state index in [1.165, 1.54) is 0 Å². The van der Waals surface area contributed by atoms with Crippen molar-refractivity contribution < 1.29 is 8.42 Å². The van der Waals surface area contributed by atoms with Crippen LogP contribution < -0.4 is 0 Å². The van der Waals surface area contributed by atoms with E-state index in [9.17, 15) is 8.42 Å². The molecular formula is C7H10ClNO2S. The molecule has 1 aliphatic rings. The average molecular weight is 208 g/mol. The SMILES string of the molecule is N#CC1(S(=O)(=O)Cl)CCCCC1. The highest BCUT2D eigenvalue weighted by molar-refractivity contribution is 8.15. The summed E-state index contributed by atoms with van der Waals surface area (Å²) in [4.78, 5) is 0. The molecular weight excluding hydrogens is 198 g/mol. The Hall–Kier alpha value is -0.270. The van der Waals surface area contributed by atoms with Gasteiger partial charge in [-0.15, -0.1) is 0 Å². The lowest BCUT2D eigenvalue weighted by molar-refractivity contribution is 0.436. The van der Waals surface area contributed by atoms with E-state index in [1.807, 2.05) is 6.07 Å². The highest BCUT2D eigenvalue weighted by atomic mass is 35.7. The third-order valence-corrected chi connectivity index (χ3v) is 4.65. The molecule has 3 nitrogen and oxygen atoms in total. The number of halogens is 1. The topological polar surface area (TPSA) is 57.9 Å². The quantitative estimate of drug-likeness (QED) is 0.616. The molecule has 0 atom stereocenters. The molecule has 0 amide bonds. The van der Waals surface area contributed by atoms with Crippen molar-refractivity contribution in [3.8, 4) is 6.07 Å². The van der Waals surface area contributed by atoms with Crippen molar-refractivity contribution in [3.05, 3.63) is 0 Å². The second-order valence-electron chi connectivity index (χ2n) is 3.10. The monoisotopic (exact) mass is 207 g/mol. The zero-order chi connectivity index (χ0) is 9.24. The predicted molar refractivity (Wildman–Crippen MR) is 46.2 cm³/mol. The van der Waals surface area contributed by atoms with Crippen LogP contribution in [0.4, 0.5) is 0 Å². The fraction of sp³-hybridized carbons (Fsp3) is 0.857. The van der Waals surface area contributed by atoms with Crippen molar-refractivity contribution in [2.24, 2.45) is 0 Å². The van der Waals surface area contributed by atoms with E-state index >= 15 is 0 Å². The first-order valence-corrected chi connectivity index (χ1v) is 6.18. The largest absolute Gasteiger partial charge is 0.251 e. The van der Waals surface area contributed by atoms with Crippen molar-refractivity contribution in [2.75, 3.05) is 0 Å². The Balaban J connectivity index is 2.99. The van der Waals surface area contributed by atoms with Crippen LogP contribution in [-0.4, -0.2) is 13.2 Å². The van der Waals surface area contributed by atoms with Gasteiger partial charge in [0.05, 0.1) is 6.07 Å². The summed E-state index contributed by atoms with van der Waals surface area (Å²) < 4.78 is 20.9. The third kappa shape index (κ3) is 1.57. The van der Waals surface area contributed by atoms with E-state index in [-0.39, 0.29) is 0 Å². The standard InChI is InChI=1S/C7H10ClNO2S/c8-12(10,11)7(6-9)4-2-1-3-5-7/h1-5H2. The van der Waals surface area contributed by atoms with E-state index in [4.69, 9.17) is 15.9 Å². The molecule has 0 aromatic carbocycles. The van der Waals surface area contributed by atoms with Crippen LogP contribution in [0.2, 0.25) is 0 Å². The maximum Gasteiger partial charge on any atom is 0.251 e. The molecule has 1 fully saturated rings. The van der Waals surface area contributed by atoms with Crippen LogP contribution in [0.25, 0.3) is 0 Å². The van der Waals surface area contributed by atoms with E-state index in [0.29, 0.717) is 12.8 Å². The van der Waals surface area contributed by atoms with Gasteiger partial charge in [0.2, 0.25) is 0 Å². The number of hydrogen-bond donors (Lipinski definition) is 0. The minimum atomic E-state index is -3.73. The lowest BCUT2D eigenvalue weighted by Crippen LogP contribution is -2.35. The molecule has 1 rings (SSSR count). The molecule has 0 aliphatic heterocycles. The summed E-state index contributed by atoms with van der Waals surface area (Å²) in [5, 5.41) is 8.76. The Morgan fingerprint density at radius 2 is 1.75 bits per heavy atom. The fourth-order valence-electron chi connectivity index (χ4n) is 1.53. The highest BCUT2D eigenvalue weighted by Crippen LogP contribution is 2.36. The summed E-state index contributed by atoms with van der Waals surface area (Å²) in [6, 6.07) is 1.84. The summed E-state index contributed by atoms with van der Waals surface area (Å²) in [6.07, 6.45) is 3.32. The second kappa shape index (κ2) is 3.23. The molecule has 0 aromatic rings. The van der Waals surface area contributed by atoms with E-state index in [2.05, 4.69) is 0 Å². The summed E-state index contributed by atoms with van der Waals surface area (Å²) in [7, 11) is 1.49. The van der Waals surface area contributed by atoms with Crippen molar-refractivity contribution in [1.82, 2.24) is 0 Å². The molecule has 0 spiro atoms. The molecule has 0 bridgehead atoms. The fourth-order valence-corrected chi connectivity index (χ4v) is 2.98. The van der Waals surface area contributed by atoms with Crippen molar-refractivity contribution in [3.63, 3.8) is 0 Å². The molecule has 0 saturated heterocycles. The maximum atomic E-state index is 11.1. The van der Waals surface area contributed by atoms with Crippen LogP contribution in [0.3, 0.4) is 0 Å². The Morgan fingerprint density at radius 1 is 1.25 bits per heavy atom. The number of nitrogens with zero attached hydrogens (tertiary/aromatic N) is 1. The zero-order valence-corrected chi connectivity index (χ0v) is 8.16. The van der Waals surface area contributed by atoms with Crippen LogP contribution in [0.1, 0.15) is 32.1 Å². The minimum absolute atomic E-state index is 0.384. The zero-order valence-electron chi connectivity index (χ0n) is 6.59. The van der Waals surface area contributed by atoms with Crippen LogP contribution in [0.15, 0.2) is 0 Å². The molecule has 0 heterocycles. The molecule has 12 heavy (non-hydrogen) atoms. The van der Waals surface area contributed by atoms with Gasteiger partial charge in [0.1, 0.15) is 0 Å². The summed E-state index contributed by atoms with van der Waals surface area (Å²) in [6.45, 7) is 0. The molecule has 1 saturated carbocycles. The third-order valence-electron chi connectivity index (χ3n) is 2.33. The summed E-state index contributed by atoms with van der Waals surface area (Å²) in [5.74, 6) is 0. The van der Waals surface area contributed by atoms with Crippen molar-refractivity contribution in [1.29, 1.82) is 5.26 Å². The van der Waals surface area contributed by atoms with Crippen molar-refractivity contribution >= 4 is 19.7 Å². The molecule has 1 aliphatic carbocycles. The predicted octanol–water partition coefficient (Wildman–Crippen LogP) is 1.78. The molecule has 0 unspecified atom stereocenters. The van der Waals surface area contributed by atoms with E-state index in [1.54, 1.807) is 0 Å². The van der Waals surface area contributed by atoms with Gasteiger partial charge in [0, 0.05) is 10.7 Å². The van der Waals surface area contributed by atoms with E-state index in [0.717, 1.165) is 19.3 Å². The molecule has 0 N–H and O–H groups in total. The van der Waals surface area contributed by atoms with E-state index < -0.39 is 13.8 Å². The van der Waals surface area contributed by atoms with Gasteiger partial charge in [-0.25, -0.2) is 8.42 Å². The molecule has 68 valence electrons. The molecule has 0 radical (unpaired) electrons. The van der Waals surface area contributed by atoms with Gasteiger partial charge >= 0.3 is 0 Å². The Morgan fingerprint density at radius 3 is 2.00 bits per heavy atom. The summed E-state index contributed by atoms with van der Waals surface area (Å²) >= 11 is 0. The van der Waals surface area contributed by atoms with Crippen LogP contribution in [-0.2, 0) is 9.05 Å². The molecule has 0 aromatic heterocycles. The van der Waals surface area contributed by atoms with Gasteiger partial charge in [-0.1, -0.05) is 19.3 Å². The van der Waals surface area contributed by atoms with Gasteiger partial charge in [0.25, 0.3) is 9.05 Å². The minimum Gasteiger partial charge on any atom is -0.211 e. The lowest BCUT2D eigenvalue weighted by atomic mass is 9.89. The Kier molecular flexibility index (Phi) is 2.64. The average Bonchev–Trinajstić information content (AvgIpc) is 2.04. The maximum absolute atomic E-state index is 11.1. The molecule has 5 heteroatoms. The first-order chi connectivity index (χ1) is 5.52. The number of nitriles is 1. The van der Waals surface area contributed by atoms with Gasteiger partial charge in [-0.3, -0.25) is 0 Å². The first-order valence-electron chi connectivity index (χ1n) is 3.87.